The van der Waals surface area contributed by atoms with Gasteiger partial charge in [0.25, 0.3) is 0 Å². The van der Waals surface area contributed by atoms with Gasteiger partial charge < -0.3 is 19.4 Å². The summed E-state index contributed by atoms with van der Waals surface area (Å²) in [6, 6.07) is 8.59. The molecule has 0 fully saturated rings. The van der Waals surface area contributed by atoms with E-state index in [-0.39, 0.29) is 18.2 Å². The number of hydrogen-bond acceptors (Lipinski definition) is 6. The highest BCUT2D eigenvalue weighted by Gasteiger charge is 2.17. The number of hydrogen-bond donors (Lipinski definition) is 2. The molecule has 3 rings (SSSR count). The third-order valence-electron chi connectivity index (χ3n) is 4.79. The van der Waals surface area contributed by atoms with Gasteiger partial charge in [0, 0.05) is 43.5 Å². The van der Waals surface area contributed by atoms with E-state index < -0.39 is 11.4 Å². The van der Waals surface area contributed by atoms with Gasteiger partial charge in [0.1, 0.15) is 11.4 Å². The van der Waals surface area contributed by atoms with E-state index in [1.807, 2.05) is 23.6 Å². The Morgan fingerprint density at radius 2 is 1.91 bits per heavy atom. The zero-order valence-electron chi connectivity index (χ0n) is 18.3. The van der Waals surface area contributed by atoms with E-state index in [0.29, 0.717) is 36.4 Å². The van der Waals surface area contributed by atoms with E-state index in [9.17, 15) is 14.4 Å². The number of fused-ring (bicyclic) bond motifs is 1. The second-order valence-corrected chi connectivity index (χ2v) is 6.93. The molecule has 0 radical (unpaired) electrons. The van der Waals surface area contributed by atoms with Crippen molar-refractivity contribution >= 4 is 28.7 Å². The fourth-order valence-electron chi connectivity index (χ4n) is 3.27. The van der Waals surface area contributed by atoms with Crippen molar-refractivity contribution in [3.05, 3.63) is 58.5 Å². The molecule has 0 saturated carbocycles. The van der Waals surface area contributed by atoms with E-state index in [1.165, 1.54) is 6.20 Å². The Balaban J connectivity index is 2.02. The van der Waals surface area contributed by atoms with Crippen molar-refractivity contribution < 1.29 is 19.1 Å². The van der Waals surface area contributed by atoms with Crippen molar-refractivity contribution in [3.63, 3.8) is 0 Å². The second kappa shape index (κ2) is 10.5. The van der Waals surface area contributed by atoms with Gasteiger partial charge in [-0.25, -0.2) is 14.6 Å². The van der Waals surface area contributed by atoms with Crippen LogP contribution < -0.4 is 16.1 Å². The van der Waals surface area contributed by atoms with Gasteiger partial charge in [-0.1, -0.05) is 6.07 Å². The van der Waals surface area contributed by atoms with Crippen molar-refractivity contribution in [1.29, 1.82) is 0 Å². The lowest BCUT2D eigenvalue weighted by Gasteiger charge is -2.14. The molecule has 2 amide bonds. The Morgan fingerprint density at radius 3 is 2.56 bits per heavy atom. The first-order valence-corrected chi connectivity index (χ1v) is 10.3. The number of ether oxygens (including phenoxy) is 2. The molecule has 0 bridgehead atoms. The summed E-state index contributed by atoms with van der Waals surface area (Å²) in [7, 11) is 1.59. The smallest absolute Gasteiger partial charge is 0.343 e. The van der Waals surface area contributed by atoms with Crippen molar-refractivity contribution in [2.75, 3.05) is 32.2 Å². The molecule has 0 aliphatic rings. The molecule has 9 heteroatoms. The van der Waals surface area contributed by atoms with Crippen LogP contribution in [0.15, 0.2) is 47.5 Å². The van der Waals surface area contributed by atoms with Crippen LogP contribution in [0, 0.1) is 0 Å². The summed E-state index contributed by atoms with van der Waals surface area (Å²) in [5.74, 6) is -0.245. The van der Waals surface area contributed by atoms with E-state index >= 15 is 0 Å². The van der Waals surface area contributed by atoms with Gasteiger partial charge in [-0.05, 0) is 43.7 Å². The predicted molar refractivity (Wildman–Crippen MR) is 122 cm³/mol. The average Bonchev–Trinajstić information content (AvgIpc) is 2.79. The lowest BCUT2D eigenvalue weighted by atomic mass is 10.0. The van der Waals surface area contributed by atoms with Crippen LogP contribution in [0.2, 0.25) is 0 Å². The number of amides is 2. The number of urea groups is 1. The van der Waals surface area contributed by atoms with Crippen molar-refractivity contribution in [2.24, 2.45) is 0 Å². The molecule has 0 aliphatic heterocycles. The first-order valence-electron chi connectivity index (χ1n) is 10.3. The summed E-state index contributed by atoms with van der Waals surface area (Å²) >= 11 is 0. The number of carbonyl (C=O) groups excluding carboxylic acids is 2. The first-order chi connectivity index (χ1) is 15.5. The highest BCUT2D eigenvalue weighted by Crippen LogP contribution is 2.24. The number of pyridine rings is 2. The quantitative estimate of drug-likeness (QED) is 0.523. The molecule has 1 aromatic carbocycles. The maximum Gasteiger partial charge on any atom is 0.343 e. The maximum absolute atomic E-state index is 13.1. The second-order valence-electron chi connectivity index (χ2n) is 6.93. The molecule has 32 heavy (non-hydrogen) atoms. The fraction of sp³-hybridized carbons (Fsp3) is 0.304. The van der Waals surface area contributed by atoms with Crippen LogP contribution in [-0.4, -0.2) is 48.4 Å². The van der Waals surface area contributed by atoms with Crippen molar-refractivity contribution in [1.82, 2.24) is 14.9 Å². The van der Waals surface area contributed by atoms with E-state index in [4.69, 9.17) is 9.47 Å². The summed E-state index contributed by atoms with van der Waals surface area (Å²) in [6.07, 6.45) is 3.13. The van der Waals surface area contributed by atoms with Crippen LogP contribution in [0.1, 0.15) is 24.2 Å². The first kappa shape index (κ1) is 23.0. The molecule has 2 aromatic heterocycles. The number of rotatable bonds is 8. The molecule has 2 heterocycles. The largest absolute Gasteiger partial charge is 0.462 e. The Labute approximate surface area is 185 Å². The minimum Gasteiger partial charge on any atom is -0.462 e. The molecular formula is C23H26N4O5. The van der Waals surface area contributed by atoms with E-state index in [0.717, 1.165) is 11.1 Å². The lowest BCUT2D eigenvalue weighted by Crippen LogP contribution is -2.28. The number of benzene rings is 1. The summed E-state index contributed by atoms with van der Waals surface area (Å²) in [5.41, 5.74) is 1.79. The van der Waals surface area contributed by atoms with Gasteiger partial charge in [0.2, 0.25) is 5.43 Å². The van der Waals surface area contributed by atoms with Crippen LogP contribution in [0.25, 0.3) is 22.0 Å². The van der Waals surface area contributed by atoms with Crippen LogP contribution >= 0.6 is 0 Å². The van der Waals surface area contributed by atoms with Crippen molar-refractivity contribution in [3.8, 4) is 11.1 Å². The molecule has 0 spiro atoms. The number of carbonyl (C=O) groups is 2. The normalized spacial score (nSPS) is 10.7. The number of esters is 1. The molecular weight excluding hydrogens is 412 g/mol. The number of nitrogens with zero attached hydrogens (tertiary/aromatic N) is 2. The van der Waals surface area contributed by atoms with E-state index in [2.05, 4.69) is 15.6 Å². The Bertz CT molecular complexity index is 1170. The van der Waals surface area contributed by atoms with Gasteiger partial charge in [-0.3, -0.25) is 10.1 Å². The lowest BCUT2D eigenvalue weighted by molar-refractivity contribution is 0.0524. The molecule has 2 N–H and O–H groups in total. The third-order valence-corrected chi connectivity index (χ3v) is 4.79. The van der Waals surface area contributed by atoms with Crippen molar-refractivity contribution in [2.45, 2.75) is 20.4 Å². The maximum atomic E-state index is 13.1. The van der Waals surface area contributed by atoms with E-state index in [1.54, 1.807) is 38.4 Å². The van der Waals surface area contributed by atoms with Crippen LogP contribution in [0.3, 0.4) is 0 Å². The van der Waals surface area contributed by atoms with Crippen LogP contribution in [0.4, 0.5) is 10.6 Å². The monoisotopic (exact) mass is 438 g/mol. The van der Waals surface area contributed by atoms with Crippen LogP contribution in [0.5, 0.6) is 0 Å². The zero-order chi connectivity index (χ0) is 23.1. The molecule has 0 atom stereocenters. The Kier molecular flexibility index (Phi) is 7.56. The third kappa shape index (κ3) is 5.12. The molecule has 168 valence electrons. The molecule has 0 aliphatic carbocycles. The van der Waals surface area contributed by atoms with Gasteiger partial charge >= 0.3 is 12.0 Å². The Hall–Kier alpha value is -3.72. The molecule has 3 aromatic rings. The summed E-state index contributed by atoms with van der Waals surface area (Å²) < 4.78 is 12.0. The van der Waals surface area contributed by atoms with Gasteiger partial charge in [-0.2, -0.15) is 0 Å². The fourth-order valence-corrected chi connectivity index (χ4v) is 3.27. The number of nitrogens with one attached hydrogen (secondary N) is 2. The number of anilines is 1. The van der Waals surface area contributed by atoms with Gasteiger partial charge in [0.05, 0.1) is 18.7 Å². The van der Waals surface area contributed by atoms with Gasteiger partial charge in [-0.15, -0.1) is 0 Å². The molecule has 0 unspecified atom stereocenters. The standard InChI is InChI=1S/C23H26N4O5/c1-4-24-23(30)26-20-9-7-16(13-25-20)15-6-8-19-17(12-15)21(28)18(22(29)32-5-2)14-27(19)10-11-31-3/h6-9,12-14H,4-5,10-11H2,1-3H3,(H2,24,25,26,30). The molecule has 9 nitrogen and oxygen atoms in total. The molecule has 0 saturated heterocycles. The SMILES string of the molecule is CCNC(=O)Nc1ccc(-c2ccc3c(c2)c(=O)c(C(=O)OCC)cn3CCOC)cn1. The topological polar surface area (TPSA) is 112 Å². The summed E-state index contributed by atoms with van der Waals surface area (Å²) in [5, 5.41) is 5.67. The predicted octanol–water partition coefficient (Wildman–Crippen LogP) is 3.03. The number of aromatic nitrogens is 2. The minimum atomic E-state index is -0.654. The summed E-state index contributed by atoms with van der Waals surface area (Å²) in [4.78, 5) is 41.3. The van der Waals surface area contributed by atoms with Gasteiger partial charge in [0.15, 0.2) is 0 Å². The number of methoxy groups -OCH3 is 1. The van der Waals surface area contributed by atoms with Crippen LogP contribution in [-0.2, 0) is 16.0 Å². The highest BCUT2D eigenvalue weighted by molar-refractivity contribution is 5.95. The minimum absolute atomic E-state index is 0.0211. The zero-order valence-corrected chi connectivity index (χ0v) is 18.3. The highest BCUT2D eigenvalue weighted by atomic mass is 16.5. The average molecular weight is 438 g/mol. The summed E-state index contributed by atoms with van der Waals surface area (Å²) in [6.45, 7) is 5.10. The Morgan fingerprint density at radius 1 is 1.12 bits per heavy atom.